The van der Waals surface area contributed by atoms with Gasteiger partial charge in [-0.25, -0.2) is 9.37 Å². The molecule has 148 valence electrons. The number of fused-ring (bicyclic) bond motifs is 3. The molecule has 3 heterocycles. The Labute approximate surface area is 177 Å². The number of benzene rings is 2. The quantitative estimate of drug-likeness (QED) is 0.312. The lowest BCUT2D eigenvalue weighted by Gasteiger charge is -2.10. The van der Waals surface area contributed by atoms with Crippen LogP contribution < -0.4 is 5.56 Å². The van der Waals surface area contributed by atoms with Crippen LogP contribution in [-0.2, 0) is 5.75 Å². The lowest BCUT2D eigenvalue weighted by atomic mass is 10.1. The highest BCUT2D eigenvalue weighted by Crippen LogP contribution is 2.27. The number of hydrogen-bond donors (Lipinski definition) is 0. The van der Waals surface area contributed by atoms with E-state index in [9.17, 15) is 9.18 Å². The van der Waals surface area contributed by atoms with Gasteiger partial charge in [0.15, 0.2) is 15.7 Å². The van der Waals surface area contributed by atoms with Gasteiger partial charge in [-0.05, 0) is 43.3 Å². The first-order valence-electron chi connectivity index (χ1n) is 8.96. The van der Waals surface area contributed by atoms with E-state index in [1.165, 1.54) is 47.4 Å². The van der Waals surface area contributed by atoms with Gasteiger partial charge < -0.3 is 0 Å². The van der Waals surface area contributed by atoms with Crippen LogP contribution in [0.25, 0.3) is 27.8 Å². The Morgan fingerprint density at radius 3 is 2.63 bits per heavy atom. The maximum absolute atomic E-state index is 13.3. The molecule has 5 aromatic rings. The minimum Gasteiger partial charge on any atom is -0.265 e. The molecule has 7 nitrogen and oxygen atoms in total. The van der Waals surface area contributed by atoms with Crippen LogP contribution in [0.15, 0.2) is 57.7 Å². The smallest absolute Gasteiger partial charge is 0.265 e. The minimum absolute atomic E-state index is 0.141. The van der Waals surface area contributed by atoms with E-state index in [-0.39, 0.29) is 11.5 Å². The van der Waals surface area contributed by atoms with Crippen molar-refractivity contribution in [1.82, 2.24) is 29.8 Å². The maximum Gasteiger partial charge on any atom is 0.300 e. The molecule has 0 saturated heterocycles. The molecule has 0 aliphatic rings. The number of nitrogens with zero attached hydrogens (tertiary/aromatic N) is 6. The molecule has 0 bridgehead atoms. The van der Waals surface area contributed by atoms with Gasteiger partial charge >= 0.3 is 0 Å². The molecule has 0 atom stereocenters. The molecule has 0 spiro atoms. The third kappa shape index (κ3) is 3.44. The van der Waals surface area contributed by atoms with Crippen LogP contribution in [0.4, 0.5) is 4.39 Å². The van der Waals surface area contributed by atoms with Gasteiger partial charge in [0.05, 0.1) is 11.3 Å². The Hall–Kier alpha value is -3.24. The molecule has 2 aromatic carbocycles. The summed E-state index contributed by atoms with van der Waals surface area (Å²) in [6, 6.07) is 13.1. The summed E-state index contributed by atoms with van der Waals surface area (Å²) in [5.41, 5.74) is 1.32. The summed E-state index contributed by atoms with van der Waals surface area (Å²) >= 11 is 2.99. The van der Waals surface area contributed by atoms with Crippen molar-refractivity contribution in [3.05, 3.63) is 75.5 Å². The van der Waals surface area contributed by atoms with Gasteiger partial charge in [0.1, 0.15) is 16.6 Å². The van der Waals surface area contributed by atoms with Crippen molar-refractivity contribution >= 4 is 39.6 Å². The van der Waals surface area contributed by atoms with E-state index in [0.717, 1.165) is 20.3 Å². The number of thioether (sulfide) groups is 1. The van der Waals surface area contributed by atoms with Crippen molar-refractivity contribution in [2.24, 2.45) is 0 Å². The zero-order valence-corrected chi connectivity index (χ0v) is 17.2. The summed E-state index contributed by atoms with van der Waals surface area (Å²) in [5.74, 6) is 0.707. The van der Waals surface area contributed by atoms with Crippen LogP contribution in [0, 0.1) is 12.7 Å². The Balaban J connectivity index is 1.70. The predicted molar refractivity (Wildman–Crippen MR) is 114 cm³/mol. The largest absolute Gasteiger partial charge is 0.300 e. The van der Waals surface area contributed by atoms with Crippen LogP contribution in [0.1, 0.15) is 10.8 Å². The Morgan fingerprint density at radius 2 is 1.87 bits per heavy atom. The molecule has 0 fully saturated rings. The molecule has 10 heteroatoms. The maximum atomic E-state index is 13.3. The van der Waals surface area contributed by atoms with E-state index in [2.05, 4.69) is 20.3 Å². The summed E-state index contributed by atoms with van der Waals surface area (Å²) in [6.45, 7) is 1.90. The van der Waals surface area contributed by atoms with Crippen LogP contribution in [0.2, 0.25) is 0 Å². The number of halogens is 1. The molecular weight excluding hydrogens is 423 g/mol. The molecule has 0 unspecified atom stereocenters. The molecule has 0 N–H and O–H groups in total. The first kappa shape index (κ1) is 18.8. The van der Waals surface area contributed by atoms with Crippen molar-refractivity contribution in [1.29, 1.82) is 0 Å². The fourth-order valence-electron chi connectivity index (χ4n) is 3.03. The molecule has 0 aliphatic carbocycles. The molecule has 0 radical (unpaired) electrons. The lowest BCUT2D eigenvalue weighted by molar-refractivity contribution is 0.628. The lowest BCUT2D eigenvalue weighted by Crippen LogP contribution is -2.18. The van der Waals surface area contributed by atoms with Crippen molar-refractivity contribution < 1.29 is 4.39 Å². The zero-order chi connectivity index (χ0) is 20.7. The summed E-state index contributed by atoms with van der Waals surface area (Å²) in [5, 5.41) is 14.3. The number of para-hydroxylation sites is 1. The van der Waals surface area contributed by atoms with Crippen molar-refractivity contribution in [2.45, 2.75) is 17.0 Å². The van der Waals surface area contributed by atoms with E-state index >= 15 is 0 Å². The van der Waals surface area contributed by atoms with Gasteiger partial charge in [0.2, 0.25) is 0 Å². The Bertz CT molecular complexity index is 1450. The third-order valence-electron chi connectivity index (χ3n) is 4.40. The Morgan fingerprint density at radius 1 is 1.07 bits per heavy atom. The summed E-state index contributed by atoms with van der Waals surface area (Å²) < 4.78 is 15.7. The van der Waals surface area contributed by atoms with Crippen molar-refractivity contribution in [3.63, 3.8) is 0 Å². The van der Waals surface area contributed by atoms with Gasteiger partial charge in [-0.15, -0.1) is 10.2 Å². The monoisotopic (exact) mass is 436 g/mol. The van der Waals surface area contributed by atoms with Crippen LogP contribution in [0.5, 0.6) is 0 Å². The molecule has 0 aliphatic heterocycles. The van der Waals surface area contributed by atoms with Crippen molar-refractivity contribution in [2.75, 3.05) is 0 Å². The highest BCUT2D eigenvalue weighted by molar-refractivity contribution is 8.00. The highest BCUT2D eigenvalue weighted by Gasteiger charge is 2.15. The topological polar surface area (TPSA) is 85.9 Å². The van der Waals surface area contributed by atoms with Crippen molar-refractivity contribution in [3.8, 4) is 11.3 Å². The average Bonchev–Trinajstić information content (AvgIpc) is 3.17. The van der Waals surface area contributed by atoms with E-state index < -0.39 is 5.56 Å². The second-order valence-corrected chi connectivity index (χ2v) is 8.83. The predicted octanol–water partition coefficient (Wildman–Crippen LogP) is 3.90. The van der Waals surface area contributed by atoms with Crippen LogP contribution in [-0.4, -0.2) is 29.8 Å². The van der Waals surface area contributed by atoms with Crippen LogP contribution in [0.3, 0.4) is 0 Å². The standard InChI is InChI=1S/C20H13FN6OS2/c1-11-24-25-20(30-11)29-10-16-22-15-5-3-2-4-14(15)18-23-19(28)17(26-27(16)18)12-6-8-13(21)9-7-12/h2-9H,10H2,1H3. The third-order valence-corrected chi connectivity index (χ3v) is 6.37. The first-order chi connectivity index (χ1) is 14.6. The number of aromatic nitrogens is 6. The molecular formula is C20H13FN6OS2. The van der Waals surface area contributed by atoms with Gasteiger partial charge in [0.25, 0.3) is 5.56 Å². The van der Waals surface area contributed by atoms with E-state index in [1.54, 1.807) is 4.52 Å². The highest BCUT2D eigenvalue weighted by atomic mass is 32.2. The van der Waals surface area contributed by atoms with Gasteiger partial charge in [-0.2, -0.15) is 14.6 Å². The summed E-state index contributed by atoms with van der Waals surface area (Å²) in [6.07, 6.45) is 0. The number of hydrogen-bond acceptors (Lipinski definition) is 8. The second kappa shape index (κ2) is 7.54. The minimum atomic E-state index is -0.476. The van der Waals surface area contributed by atoms with Gasteiger partial charge in [-0.3, -0.25) is 4.79 Å². The molecule has 3 aromatic heterocycles. The molecule has 30 heavy (non-hydrogen) atoms. The van der Waals surface area contributed by atoms with E-state index in [4.69, 9.17) is 4.98 Å². The Kier molecular flexibility index (Phi) is 4.72. The number of aryl methyl sites for hydroxylation is 1. The fourth-order valence-corrected chi connectivity index (χ4v) is 4.76. The second-order valence-electron chi connectivity index (χ2n) is 6.43. The fraction of sp³-hybridized carbons (Fsp3) is 0.100. The van der Waals surface area contributed by atoms with Crippen LogP contribution >= 0.6 is 23.1 Å². The molecule has 5 rings (SSSR count). The van der Waals surface area contributed by atoms with E-state index in [1.807, 2.05) is 31.2 Å². The SMILES string of the molecule is Cc1nnc(SCc2nc3ccccc3c3nc(=O)c(-c4ccc(F)cc4)nn23)s1. The molecule has 0 saturated carbocycles. The van der Waals surface area contributed by atoms with E-state index in [0.29, 0.717) is 22.8 Å². The molecule has 0 amide bonds. The van der Waals surface area contributed by atoms with Gasteiger partial charge in [0, 0.05) is 10.9 Å². The summed E-state index contributed by atoms with van der Waals surface area (Å²) in [4.78, 5) is 21.8. The normalized spacial score (nSPS) is 11.4. The first-order valence-corrected chi connectivity index (χ1v) is 10.8. The zero-order valence-electron chi connectivity index (χ0n) is 15.6. The summed E-state index contributed by atoms with van der Waals surface area (Å²) in [7, 11) is 0. The average molecular weight is 436 g/mol. The van der Waals surface area contributed by atoms with Gasteiger partial charge in [-0.1, -0.05) is 35.2 Å². The number of rotatable bonds is 4.